The van der Waals surface area contributed by atoms with E-state index in [1.54, 1.807) is 30.3 Å². The summed E-state index contributed by atoms with van der Waals surface area (Å²) in [5, 5.41) is 3.68. The van der Waals surface area contributed by atoms with E-state index in [1.807, 2.05) is 36.4 Å². The standard InChI is InChI=1S/C20H13NO4/c22-12-16-9-10-18(24-16)13-5-7-15(8-6-13)21-20(23)19-11-14-3-1-2-4-17(14)25-19/h1-12H,(H,21,23). The average molecular weight is 331 g/mol. The molecule has 5 heteroatoms. The van der Waals surface area contributed by atoms with Gasteiger partial charge in [0, 0.05) is 16.6 Å². The van der Waals surface area contributed by atoms with Gasteiger partial charge in [0.1, 0.15) is 11.3 Å². The monoisotopic (exact) mass is 331 g/mol. The van der Waals surface area contributed by atoms with E-state index in [0.717, 1.165) is 10.9 Å². The van der Waals surface area contributed by atoms with Crippen molar-refractivity contribution in [1.82, 2.24) is 0 Å². The molecule has 2 aromatic heterocycles. The summed E-state index contributed by atoms with van der Waals surface area (Å²) in [6, 6.07) is 19.6. The molecule has 0 aliphatic rings. The first-order valence-electron chi connectivity index (χ1n) is 7.68. The van der Waals surface area contributed by atoms with E-state index in [0.29, 0.717) is 23.3 Å². The van der Waals surface area contributed by atoms with Gasteiger partial charge in [-0.2, -0.15) is 0 Å². The summed E-state index contributed by atoms with van der Waals surface area (Å²) in [7, 11) is 0. The van der Waals surface area contributed by atoms with E-state index in [9.17, 15) is 9.59 Å². The highest BCUT2D eigenvalue weighted by Gasteiger charge is 2.12. The first kappa shape index (κ1) is 15.0. The third-order valence-corrected chi connectivity index (χ3v) is 3.82. The normalized spacial score (nSPS) is 10.7. The molecule has 0 aliphatic carbocycles. The first-order valence-corrected chi connectivity index (χ1v) is 7.68. The van der Waals surface area contributed by atoms with Crippen molar-refractivity contribution in [1.29, 1.82) is 0 Å². The molecule has 0 bridgehead atoms. The highest BCUT2D eigenvalue weighted by Crippen LogP contribution is 2.24. The van der Waals surface area contributed by atoms with E-state index < -0.39 is 0 Å². The maximum atomic E-state index is 12.3. The number of carbonyl (C=O) groups excluding carboxylic acids is 2. The molecule has 4 rings (SSSR count). The zero-order chi connectivity index (χ0) is 17.2. The minimum Gasteiger partial charge on any atom is -0.453 e. The van der Waals surface area contributed by atoms with E-state index >= 15 is 0 Å². The van der Waals surface area contributed by atoms with Crippen LogP contribution in [0.3, 0.4) is 0 Å². The Labute approximate surface area is 142 Å². The lowest BCUT2D eigenvalue weighted by Gasteiger charge is -2.04. The van der Waals surface area contributed by atoms with Crippen LogP contribution in [-0.2, 0) is 0 Å². The van der Waals surface area contributed by atoms with Crippen molar-refractivity contribution in [3.8, 4) is 11.3 Å². The van der Waals surface area contributed by atoms with Gasteiger partial charge in [-0.25, -0.2) is 0 Å². The second-order valence-electron chi connectivity index (χ2n) is 5.50. The summed E-state index contributed by atoms with van der Waals surface area (Å²) < 4.78 is 10.9. The van der Waals surface area contributed by atoms with Gasteiger partial charge in [-0.05, 0) is 48.5 Å². The Balaban J connectivity index is 1.52. The second-order valence-corrected chi connectivity index (χ2v) is 5.50. The number of para-hydroxylation sites is 1. The Morgan fingerprint density at radius 1 is 0.920 bits per heavy atom. The fourth-order valence-corrected chi connectivity index (χ4v) is 2.58. The van der Waals surface area contributed by atoms with Crippen LogP contribution in [0.1, 0.15) is 21.1 Å². The van der Waals surface area contributed by atoms with Gasteiger partial charge in [0.25, 0.3) is 5.91 Å². The molecule has 4 aromatic rings. The van der Waals surface area contributed by atoms with Crippen molar-refractivity contribution in [2.24, 2.45) is 0 Å². The molecule has 0 saturated carbocycles. The fourth-order valence-electron chi connectivity index (χ4n) is 2.58. The van der Waals surface area contributed by atoms with Gasteiger partial charge in [0.15, 0.2) is 17.8 Å². The van der Waals surface area contributed by atoms with Crippen molar-refractivity contribution < 1.29 is 18.4 Å². The topological polar surface area (TPSA) is 72.5 Å². The van der Waals surface area contributed by atoms with Crippen LogP contribution >= 0.6 is 0 Å². The fraction of sp³-hybridized carbons (Fsp3) is 0. The number of hydrogen-bond donors (Lipinski definition) is 1. The lowest BCUT2D eigenvalue weighted by atomic mass is 10.1. The maximum Gasteiger partial charge on any atom is 0.291 e. The minimum absolute atomic E-state index is 0.256. The van der Waals surface area contributed by atoms with E-state index in [-0.39, 0.29) is 17.4 Å². The number of aldehydes is 1. The second kappa shape index (κ2) is 6.13. The lowest BCUT2D eigenvalue weighted by molar-refractivity contribution is 0.0998. The highest BCUT2D eigenvalue weighted by molar-refractivity contribution is 6.04. The number of hydrogen-bond acceptors (Lipinski definition) is 4. The number of fused-ring (bicyclic) bond motifs is 1. The van der Waals surface area contributed by atoms with Crippen LogP contribution in [0.4, 0.5) is 5.69 Å². The molecule has 1 N–H and O–H groups in total. The molecule has 0 aliphatic heterocycles. The molecule has 0 spiro atoms. The molecule has 0 saturated heterocycles. The number of benzene rings is 2. The number of furan rings is 2. The van der Waals surface area contributed by atoms with Crippen LogP contribution in [0.5, 0.6) is 0 Å². The number of carbonyl (C=O) groups is 2. The number of anilines is 1. The van der Waals surface area contributed by atoms with Crippen LogP contribution in [0.15, 0.2) is 75.6 Å². The summed E-state index contributed by atoms with van der Waals surface area (Å²) in [6.07, 6.45) is 0.658. The third kappa shape index (κ3) is 2.95. The molecular formula is C20H13NO4. The predicted octanol–water partition coefficient (Wildman–Crippen LogP) is 4.76. The zero-order valence-electron chi connectivity index (χ0n) is 13.1. The summed E-state index contributed by atoms with van der Waals surface area (Å²) in [5.74, 6) is 0.812. The maximum absolute atomic E-state index is 12.3. The SMILES string of the molecule is O=Cc1ccc(-c2ccc(NC(=O)c3cc4ccccc4o3)cc2)o1. The Morgan fingerprint density at radius 3 is 2.44 bits per heavy atom. The first-order chi connectivity index (χ1) is 12.2. The van der Waals surface area contributed by atoms with Gasteiger partial charge < -0.3 is 14.2 Å². The molecule has 2 heterocycles. The average Bonchev–Trinajstić information content (AvgIpc) is 3.29. The molecular weight excluding hydrogens is 318 g/mol. The van der Waals surface area contributed by atoms with Gasteiger partial charge in [-0.3, -0.25) is 9.59 Å². The summed E-state index contributed by atoms with van der Waals surface area (Å²) in [6.45, 7) is 0. The minimum atomic E-state index is -0.315. The molecule has 122 valence electrons. The molecule has 2 aromatic carbocycles. The van der Waals surface area contributed by atoms with Crippen LogP contribution in [0.25, 0.3) is 22.3 Å². The van der Waals surface area contributed by atoms with Crippen LogP contribution in [0.2, 0.25) is 0 Å². The predicted molar refractivity (Wildman–Crippen MR) is 93.7 cm³/mol. The Kier molecular flexibility index (Phi) is 3.67. The van der Waals surface area contributed by atoms with Crippen LogP contribution < -0.4 is 5.32 Å². The number of rotatable bonds is 4. The summed E-state index contributed by atoms with van der Waals surface area (Å²) in [5.41, 5.74) is 2.12. The number of amides is 1. The molecule has 25 heavy (non-hydrogen) atoms. The van der Waals surface area contributed by atoms with Crippen LogP contribution in [0, 0.1) is 0 Å². The van der Waals surface area contributed by atoms with E-state index in [2.05, 4.69) is 5.32 Å². The van der Waals surface area contributed by atoms with Crippen molar-refractivity contribution in [3.05, 3.63) is 78.3 Å². The molecule has 0 fully saturated rings. The molecule has 0 radical (unpaired) electrons. The van der Waals surface area contributed by atoms with Crippen LogP contribution in [-0.4, -0.2) is 12.2 Å². The highest BCUT2D eigenvalue weighted by atomic mass is 16.3. The molecule has 1 amide bonds. The van der Waals surface area contributed by atoms with Crippen molar-refractivity contribution in [3.63, 3.8) is 0 Å². The third-order valence-electron chi connectivity index (χ3n) is 3.82. The largest absolute Gasteiger partial charge is 0.453 e. The molecule has 0 atom stereocenters. The Hall–Kier alpha value is -3.60. The quantitative estimate of drug-likeness (QED) is 0.547. The number of nitrogens with one attached hydrogen (secondary N) is 1. The Bertz CT molecular complexity index is 1020. The van der Waals surface area contributed by atoms with Crippen molar-refractivity contribution in [2.75, 3.05) is 5.32 Å². The van der Waals surface area contributed by atoms with Gasteiger partial charge >= 0.3 is 0 Å². The molecule has 0 unspecified atom stereocenters. The summed E-state index contributed by atoms with van der Waals surface area (Å²) >= 11 is 0. The van der Waals surface area contributed by atoms with Gasteiger partial charge in [-0.15, -0.1) is 0 Å². The zero-order valence-corrected chi connectivity index (χ0v) is 13.1. The Morgan fingerprint density at radius 2 is 1.72 bits per heavy atom. The van der Waals surface area contributed by atoms with Crippen molar-refractivity contribution in [2.45, 2.75) is 0 Å². The summed E-state index contributed by atoms with van der Waals surface area (Å²) in [4.78, 5) is 23.0. The van der Waals surface area contributed by atoms with E-state index in [4.69, 9.17) is 8.83 Å². The van der Waals surface area contributed by atoms with Crippen molar-refractivity contribution >= 4 is 28.8 Å². The van der Waals surface area contributed by atoms with Gasteiger partial charge in [0.05, 0.1) is 0 Å². The van der Waals surface area contributed by atoms with Gasteiger partial charge in [-0.1, -0.05) is 18.2 Å². The lowest BCUT2D eigenvalue weighted by Crippen LogP contribution is -2.10. The molecule has 5 nitrogen and oxygen atoms in total. The van der Waals surface area contributed by atoms with E-state index in [1.165, 1.54) is 0 Å². The van der Waals surface area contributed by atoms with Gasteiger partial charge in [0.2, 0.25) is 0 Å². The smallest absolute Gasteiger partial charge is 0.291 e.